The number of aromatic nitrogens is 3. The number of ether oxygens (including phenoxy) is 1. The second-order valence-corrected chi connectivity index (χ2v) is 5.44. The van der Waals surface area contributed by atoms with Gasteiger partial charge in [-0.25, -0.2) is 14.2 Å². The van der Waals surface area contributed by atoms with Gasteiger partial charge in [-0.3, -0.25) is 9.36 Å². The van der Waals surface area contributed by atoms with E-state index in [0.717, 1.165) is 0 Å². The Morgan fingerprint density at radius 2 is 2.32 bits per heavy atom. The molecule has 1 aliphatic heterocycles. The minimum absolute atomic E-state index is 0.0653. The first-order valence-corrected chi connectivity index (χ1v) is 7.02. The van der Waals surface area contributed by atoms with E-state index >= 15 is 0 Å². The summed E-state index contributed by atoms with van der Waals surface area (Å²) < 4.78 is 8.21. The Balaban J connectivity index is 2.03. The quantitative estimate of drug-likeness (QED) is 0.771. The van der Waals surface area contributed by atoms with Crippen LogP contribution in [0.4, 0.5) is 0 Å². The van der Waals surface area contributed by atoms with Crippen molar-refractivity contribution in [2.24, 2.45) is 0 Å². The fraction of sp³-hybridized carbons (Fsp3) is 0.500. The zero-order valence-corrected chi connectivity index (χ0v) is 12.0. The van der Waals surface area contributed by atoms with E-state index in [4.69, 9.17) is 9.84 Å². The molecule has 22 heavy (non-hydrogen) atoms. The summed E-state index contributed by atoms with van der Waals surface area (Å²) in [7, 11) is 0. The highest BCUT2D eigenvalue weighted by Gasteiger charge is 2.35. The topological polar surface area (TPSA) is 106 Å². The van der Waals surface area contributed by atoms with Gasteiger partial charge in [-0.2, -0.15) is 0 Å². The number of aliphatic hydroxyl groups is 2. The van der Waals surface area contributed by atoms with Crippen LogP contribution in [0.25, 0.3) is 5.65 Å². The number of imidazole rings is 1. The third kappa shape index (κ3) is 2.45. The van der Waals surface area contributed by atoms with Crippen molar-refractivity contribution in [3.63, 3.8) is 0 Å². The van der Waals surface area contributed by atoms with E-state index in [9.17, 15) is 14.7 Å². The molecular weight excluding hydrogens is 290 g/mol. The van der Waals surface area contributed by atoms with Gasteiger partial charge in [0.2, 0.25) is 0 Å². The summed E-state index contributed by atoms with van der Waals surface area (Å²) in [6.45, 7) is 1.14. The monoisotopic (exact) mass is 307 g/mol. The fourth-order valence-electron chi connectivity index (χ4n) is 2.72. The molecule has 0 bridgehead atoms. The Kier molecular flexibility index (Phi) is 3.81. The van der Waals surface area contributed by atoms with Gasteiger partial charge in [0.1, 0.15) is 23.8 Å². The third-order valence-electron chi connectivity index (χ3n) is 3.78. The van der Waals surface area contributed by atoms with Gasteiger partial charge in [0, 0.05) is 25.2 Å². The molecule has 2 aromatic heterocycles. The molecule has 1 aliphatic rings. The van der Waals surface area contributed by atoms with Crippen LogP contribution in [0, 0.1) is 0 Å². The summed E-state index contributed by atoms with van der Waals surface area (Å²) >= 11 is 0. The molecule has 0 spiro atoms. The Labute approximate surface area is 125 Å². The Hall–Kier alpha value is -2.03. The van der Waals surface area contributed by atoms with E-state index in [0.29, 0.717) is 11.3 Å². The van der Waals surface area contributed by atoms with E-state index in [-0.39, 0.29) is 30.9 Å². The van der Waals surface area contributed by atoms with Crippen molar-refractivity contribution >= 4 is 11.4 Å². The molecule has 8 nitrogen and oxygen atoms in total. The highest BCUT2D eigenvalue weighted by atomic mass is 16.5. The molecule has 2 aromatic rings. The molecule has 3 rings (SSSR count). The van der Waals surface area contributed by atoms with E-state index in [2.05, 4.69) is 4.98 Å². The van der Waals surface area contributed by atoms with Crippen LogP contribution in [0.15, 0.2) is 23.3 Å². The molecule has 1 fully saturated rings. The summed E-state index contributed by atoms with van der Waals surface area (Å²) in [6, 6.07) is 1.65. The van der Waals surface area contributed by atoms with Crippen molar-refractivity contribution in [1.29, 1.82) is 0 Å². The largest absolute Gasteiger partial charge is 0.394 e. The van der Waals surface area contributed by atoms with Gasteiger partial charge in [-0.05, 0) is 13.0 Å². The molecule has 1 saturated heterocycles. The smallest absolute Gasteiger partial charge is 0.336 e. The first-order valence-electron chi connectivity index (χ1n) is 7.02. The number of Topliss-reactive ketones (excluding diaryl/α,β-unsaturated/α-hetero) is 1. The fourth-order valence-corrected chi connectivity index (χ4v) is 2.72. The maximum atomic E-state index is 12.6. The van der Waals surface area contributed by atoms with Gasteiger partial charge >= 0.3 is 5.69 Å². The molecule has 3 heterocycles. The standard InChI is InChI=1S/C14H17N3O5/c1-8(19)4-9-6-15-12-2-3-16(14(21)17(9)12)13-5-10(20)11(7-18)22-13/h2-3,6,10-11,13,18,20H,4-5,7H2,1H3. The first-order chi connectivity index (χ1) is 10.5. The normalized spacial score (nSPS) is 25.0. The van der Waals surface area contributed by atoms with Crippen molar-refractivity contribution in [2.75, 3.05) is 6.61 Å². The van der Waals surface area contributed by atoms with Gasteiger partial charge in [0.05, 0.1) is 18.4 Å². The average molecular weight is 307 g/mol. The minimum atomic E-state index is -0.822. The summed E-state index contributed by atoms with van der Waals surface area (Å²) in [5.41, 5.74) is 0.580. The van der Waals surface area contributed by atoms with E-state index in [1.54, 1.807) is 12.3 Å². The summed E-state index contributed by atoms with van der Waals surface area (Å²) in [5.74, 6) is -0.0653. The summed E-state index contributed by atoms with van der Waals surface area (Å²) in [5, 5.41) is 18.9. The molecule has 3 atom stereocenters. The zero-order chi connectivity index (χ0) is 15.9. The maximum absolute atomic E-state index is 12.6. The van der Waals surface area contributed by atoms with Crippen molar-refractivity contribution in [3.05, 3.63) is 34.6 Å². The SMILES string of the molecule is CC(=O)Cc1cnc2ccn(C3CC(O)C(CO)O3)c(=O)n12. The van der Waals surface area contributed by atoms with Crippen LogP contribution in [0.2, 0.25) is 0 Å². The van der Waals surface area contributed by atoms with Gasteiger partial charge in [-0.1, -0.05) is 0 Å². The molecule has 3 unspecified atom stereocenters. The number of fused-ring (bicyclic) bond motifs is 1. The number of carbonyl (C=O) groups excluding carboxylic acids is 1. The van der Waals surface area contributed by atoms with Gasteiger partial charge in [0.15, 0.2) is 0 Å². The van der Waals surface area contributed by atoms with Crippen LogP contribution in [-0.2, 0) is 16.0 Å². The van der Waals surface area contributed by atoms with Crippen molar-refractivity contribution in [2.45, 2.75) is 38.2 Å². The Bertz CT molecular complexity index is 765. The van der Waals surface area contributed by atoms with Gasteiger partial charge < -0.3 is 14.9 Å². The van der Waals surface area contributed by atoms with Gasteiger partial charge in [-0.15, -0.1) is 0 Å². The predicted octanol–water partition coefficient (Wildman–Crippen LogP) is -0.732. The molecule has 0 radical (unpaired) electrons. The number of hydrogen-bond acceptors (Lipinski definition) is 6. The lowest BCUT2D eigenvalue weighted by molar-refractivity contribution is -0.116. The van der Waals surface area contributed by atoms with Crippen molar-refractivity contribution in [3.8, 4) is 0 Å². The van der Waals surface area contributed by atoms with Crippen LogP contribution in [0.5, 0.6) is 0 Å². The van der Waals surface area contributed by atoms with E-state index < -0.39 is 18.4 Å². The molecule has 8 heteroatoms. The van der Waals surface area contributed by atoms with Crippen molar-refractivity contribution in [1.82, 2.24) is 14.0 Å². The van der Waals surface area contributed by atoms with Crippen LogP contribution in [0.1, 0.15) is 25.3 Å². The molecule has 2 N–H and O–H groups in total. The minimum Gasteiger partial charge on any atom is -0.394 e. The lowest BCUT2D eigenvalue weighted by Gasteiger charge is -2.15. The predicted molar refractivity (Wildman–Crippen MR) is 75.5 cm³/mol. The van der Waals surface area contributed by atoms with Crippen LogP contribution >= 0.6 is 0 Å². The molecule has 0 amide bonds. The molecule has 0 aromatic carbocycles. The number of carbonyl (C=O) groups is 1. The Morgan fingerprint density at radius 1 is 1.55 bits per heavy atom. The second-order valence-electron chi connectivity index (χ2n) is 5.44. The zero-order valence-electron chi connectivity index (χ0n) is 12.0. The highest BCUT2D eigenvalue weighted by Crippen LogP contribution is 2.27. The van der Waals surface area contributed by atoms with Gasteiger partial charge in [0.25, 0.3) is 0 Å². The summed E-state index contributed by atoms with van der Waals surface area (Å²) in [4.78, 5) is 28.0. The lowest BCUT2D eigenvalue weighted by atomic mass is 10.2. The molecular formula is C14H17N3O5. The first kappa shape index (κ1) is 14.9. The van der Waals surface area contributed by atoms with Crippen molar-refractivity contribution < 1.29 is 19.7 Å². The lowest BCUT2D eigenvalue weighted by Crippen LogP contribution is -2.31. The number of nitrogens with zero attached hydrogens (tertiary/aromatic N) is 3. The van der Waals surface area contributed by atoms with Crippen LogP contribution < -0.4 is 5.69 Å². The van der Waals surface area contributed by atoms with E-state index in [1.807, 2.05) is 0 Å². The third-order valence-corrected chi connectivity index (χ3v) is 3.78. The number of ketones is 1. The maximum Gasteiger partial charge on any atom is 0.336 e. The molecule has 118 valence electrons. The Morgan fingerprint density at radius 3 is 2.95 bits per heavy atom. The number of aliphatic hydroxyl groups excluding tert-OH is 2. The molecule has 0 saturated carbocycles. The van der Waals surface area contributed by atoms with Crippen LogP contribution in [-0.4, -0.2) is 48.8 Å². The summed E-state index contributed by atoms with van der Waals surface area (Å²) in [6.07, 6.45) is 1.20. The number of rotatable bonds is 4. The number of hydrogen-bond donors (Lipinski definition) is 2. The van der Waals surface area contributed by atoms with E-state index in [1.165, 1.54) is 22.1 Å². The second kappa shape index (κ2) is 5.64. The molecule has 0 aliphatic carbocycles. The highest BCUT2D eigenvalue weighted by molar-refractivity contribution is 5.77. The average Bonchev–Trinajstić information content (AvgIpc) is 3.03. The van der Waals surface area contributed by atoms with Crippen LogP contribution in [0.3, 0.4) is 0 Å².